The summed E-state index contributed by atoms with van der Waals surface area (Å²) in [6.45, 7) is 0.354. The summed E-state index contributed by atoms with van der Waals surface area (Å²) >= 11 is 11.4. The maximum atomic E-state index is 11.9. The number of rotatable bonds is 2. The number of halogens is 1. The molecule has 2 aromatic rings. The van der Waals surface area contributed by atoms with Crippen LogP contribution in [0.1, 0.15) is 12.5 Å². The van der Waals surface area contributed by atoms with Crippen LogP contribution in [0.3, 0.4) is 0 Å². The molecule has 7 nitrogen and oxygen atoms in total. The smallest absolute Gasteiger partial charge is 0.221 e. The Morgan fingerprint density at radius 2 is 2.23 bits per heavy atom. The first kappa shape index (κ1) is 14.0. The number of fused-ring (bicyclic) bond motifs is 2. The molecular weight excluding hydrogens is 328 g/mol. The van der Waals surface area contributed by atoms with E-state index in [0.29, 0.717) is 22.1 Å². The number of tetrazole rings is 1. The summed E-state index contributed by atoms with van der Waals surface area (Å²) in [7, 11) is 0. The van der Waals surface area contributed by atoms with Gasteiger partial charge in [0, 0.05) is 11.4 Å². The molecule has 114 valence electrons. The Labute approximate surface area is 135 Å². The molecule has 0 aliphatic carbocycles. The molecule has 3 atom stereocenters. The van der Waals surface area contributed by atoms with E-state index in [1.54, 1.807) is 22.9 Å². The fourth-order valence-electron chi connectivity index (χ4n) is 2.70. The van der Waals surface area contributed by atoms with E-state index >= 15 is 0 Å². The summed E-state index contributed by atoms with van der Waals surface area (Å²) in [5.41, 5.74) is 0.715. The molecule has 0 radical (unpaired) electrons. The lowest BCUT2D eigenvalue weighted by Gasteiger charge is -2.25. The third-order valence-electron chi connectivity index (χ3n) is 3.78. The molecule has 0 amide bonds. The molecule has 9 heteroatoms. The van der Waals surface area contributed by atoms with E-state index in [1.165, 1.54) is 4.68 Å². The lowest BCUT2D eigenvalue weighted by molar-refractivity contribution is -0.156. The topological polar surface area (TPSA) is 71.2 Å². The zero-order valence-electron chi connectivity index (χ0n) is 11.3. The number of ether oxygens (including phenoxy) is 2. The van der Waals surface area contributed by atoms with Crippen LogP contribution in [-0.2, 0) is 14.3 Å². The van der Waals surface area contributed by atoms with Crippen LogP contribution >= 0.6 is 23.8 Å². The summed E-state index contributed by atoms with van der Waals surface area (Å²) in [6.07, 6.45) is -0.699. The quantitative estimate of drug-likeness (QED) is 0.776. The first-order chi connectivity index (χ1) is 10.6. The fraction of sp³-hybridized carbons (Fsp3) is 0.385. The van der Waals surface area contributed by atoms with Crippen LogP contribution in [0.25, 0.3) is 5.69 Å². The summed E-state index contributed by atoms with van der Waals surface area (Å²) in [5.74, 6) is -0.0991. The van der Waals surface area contributed by atoms with Gasteiger partial charge in [-0.15, -0.1) is 0 Å². The Morgan fingerprint density at radius 1 is 1.36 bits per heavy atom. The summed E-state index contributed by atoms with van der Waals surface area (Å²) < 4.78 is 14.3. The van der Waals surface area contributed by atoms with Crippen molar-refractivity contribution in [3.63, 3.8) is 0 Å². The predicted molar refractivity (Wildman–Crippen MR) is 78.5 cm³/mol. The van der Waals surface area contributed by atoms with Crippen molar-refractivity contribution in [2.75, 3.05) is 6.61 Å². The lowest BCUT2D eigenvalue weighted by atomic mass is 10.0. The SMILES string of the molecule is O=C1C[C@@H](n2nnn(-c3cccc(Cl)c3)c2=S)[C@H]2CO[C@H]1O2. The number of benzene rings is 1. The summed E-state index contributed by atoms with van der Waals surface area (Å²) in [4.78, 5) is 11.9. The van der Waals surface area contributed by atoms with Crippen LogP contribution in [0, 0.1) is 4.77 Å². The zero-order chi connectivity index (χ0) is 15.3. The standard InChI is InChI=1S/C13H11ClN4O3S/c14-7-2-1-3-8(4-7)17-13(22)18(16-15-17)9-5-10(19)12-20-6-11(9)21-12/h1-4,9,11-12H,5-6H2/t9-,11-,12+/m1/s1. The van der Waals surface area contributed by atoms with Crippen molar-refractivity contribution in [3.8, 4) is 5.69 Å². The first-order valence-corrected chi connectivity index (χ1v) is 7.52. The molecule has 4 rings (SSSR count). The van der Waals surface area contributed by atoms with Gasteiger partial charge in [-0.25, -0.2) is 4.68 Å². The molecule has 1 aromatic carbocycles. The molecule has 0 N–H and O–H groups in total. The molecule has 2 aliphatic rings. The number of ketones is 1. The second-order valence-corrected chi connectivity index (χ2v) is 5.98. The monoisotopic (exact) mass is 338 g/mol. The molecule has 2 saturated heterocycles. The number of nitrogens with zero attached hydrogens (tertiary/aromatic N) is 4. The predicted octanol–water partition coefficient (Wildman–Crippen LogP) is 1.71. The van der Waals surface area contributed by atoms with Gasteiger partial charge in [0.05, 0.1) is 18.3 Å². The summed E-state index contributed by atoms with van der Waals surface area (Å²) in [5, 5.41) is 8.74. The first-order valence-electron chi connectivity index (χ1n) is 6.74. The van der Waals surface area contributed by atoms with Gasteiger partial charge in [-0.3, -0.25) is 4.79 Å². The molecule has 0 spiro atoms. The Bertz CT molecular complexity index is 805. The Kier molecular flexibility index (Phi) is 3.33. The molecule has 2 fully saturated rings. The maximum absolute atomic E-state index is 11.9. The van der Waals surface area contributed by atoms with Crippen molar-refractivity contribution in [2.24, 2.45) is 0 Å². The molecule has 0 saturated carbocycles. The van der Waals surface area contributed by atoms with Crippen LogP contribution < -0.4 is 0 Å². The van der Waals surface area contributed by atoms with Gasteiger partial charge in [-0.1, -0.05) is 17.7 Å². The highest BCUT2D eigenvalue weighted by Gasteiger charge is 2.45. The van der Waals surface area contributed by atoms with E-state index in [2.05, 4.69) is 10.4 Å². The average Bonchev–Trinajstić information content (AvgIpc) is 3.09. The minimum Gasteiger partial charge on any atom is -0.343 e. The molecular formula is C13H11ClN4O3S. The van der Waals surface area contributed by atoms with Crippen LogP contribution in [0.15, 0.2) is 24.3 Å². The largest absolute Gasteiger partial charge is 0.343 e. The van der Waals surface area contributed by atoms with Gasteiger partial charge in [-0.2, -0.15) is 4.68 Å². The Hall–Kier alpha value is -1.61. The van der Waals surface area contributed by atoms with Gasteiger partial charge >= 0.3 is 0 Å². The number of aromatic nitrogens is 4. The van der Waals surface area contributed by atoms with Crippen LogP contribution in [0.5, 0.6) is 0 Å². The molecule has 1 aromatic heterocycles. The van der Waals surface area contributed by atoms with Gasteiger partial charge in [0.1, 0.15) is 6.10 Å². The van der Waals surface area contributed by atoms with E-state index in [-0.39, 0.29) is 24.3 Å². The van der Waals surface area contributed by atoms with E-state index in [4.69, 9.17) is 33.3 Å². The number of hydrogen-bond acceptors (Lipinski definition) is 6. The number of hydrogen-bond donors (Lipinski definition) is 0. The van der Waals surface area contributed by atoms with Gasteiger partial charge < -0.3 is 9.47 Å². The minimum absolute atomic E-state index is 0.0991. The molecule has 2 aliphatic heterocycles. The number of carbonyl (C=O) groups is 1. The van der Waals surface area contributed by atoms with E-state index < -0.39 is 6.29 Å². The molecule has 0 unspecified atom stereocenters. The molecule has 2 bridgehead atoms. The number of Topliss-reactive ketones (excluding diaryl/α,β-unsaturated/α-hetero) is 1. The maximum Gasteiger partial charge on any atom is 0.221 e. The van der Waals surface area contributed by atoms with Crippen molar-refractivity contribution in [1.29, 1.82) is 0 Å². The van der Waals surface area contributed by atoms with Crippen molar-refractivity contribution in [3.05, 3.63) is 34.1 Å². The lowest BCUT2D eigenvalue weighted by Crippen LogP contribution is -2.37. The van der Waals surface area contributed by atoms with Gasteiger partial charge in [0.25, 0.3) is 0 Å². The van der Waals surface area contributed by atoms with Crippen molar-refractivity contribution >= 4 is 29.6 Å². The van der Waals surface area contributed by atoms with Crippen molar-refractivity contribution in [1.82, 2.24) is 19.8 Å². The molecule has 3 heterocycles. The fourth-order valence-corrected chi connectivity index (χ4v) is 3.20. The second-order valence-electron chi connectivity index (χ2n) is 5.18. The van der Waals surface area contributed by atoms with Crippen LogP contribution in [-0.4, -0.2) is 44.6 Å². The normalized spacial score (nSPS) is 27.3. The Balaban J connectivity index is 1.73. The van der Waals surface area contributed by atoms with Gasteiger partial charge in [0.2, 0.25) is 11.1 Å². The Morgan fingerprint density at radius 3 is 3.05 bits per heavy atom. The number of carbonyl (C=O) groups excluding carboxylic acids is 1. The van der Waals surface area contributed by atoms with Crippen molar-refractivity contribution in [2.45, 2.75) is 24.9 Å². The minimum atomic E-state index is -0.738. The summed E-state index contributed by atoms with van der Waals surface area (Å²) in [6, 6.07) is 6.85. The van der Waals surface area contributed by atoms with Gasteiger partial charge in [0.15, 0.2) is 5.78 Å². The highest BCUT2D eigenvalue weighted by molar-refractivity contribution is 7.71. The highest BCUT2D eigenvalue weighted by Crippen LogP contribution is 2.32. The molecule has 22 heavy (non-hydrogen) atoms. The van der Waals surface area contributed by atoms with E-state index in [0.717, 1.165) is 0 Å². The third-order valence-corrected chi connectivity index (χ3v) is 4.38. The van der Waals surface area contributed by atoms with Crippen LogP contribution in [0.2, 0.25) is 5.02 Å². The second kappa shape index (κ2) is 5.24. The van der Waals surface area contributed by atoms with Crippen molar-refractivity contribution < 1.29 is 14.3 Å². The van der Waals surface area contributed by atoms with Crippen LogP contribution in [0.4, 0.5) is 0 Å². The van der Waals surface area contributed by atoms with Gasteiger partial charge in [-0.05, 0) is 40.8 Å². The van der Waals surface area contributed by atoms with E-state index in [9.17, 15) is 4.79 Å². The van der Waals surface area contributed by atoms with E-state index in [1.807, 2.05) is 6.07 Å². The highest BCUT2D eigenvalue weighted by atomic mass is 35.5. The third kappa shape index (κ3) is 2.19. The average molecular weight is 339 g/mol. The zero-order valence-corrected chi connectivity index (χ0v) is 12.8.